The Balaban J connectivity index is 2.05. The van der Waals surface area contributed by atoms with Gasteiger partial charge in [0, 0.05) is 16.3 Å². The Morgan fingerprint density at radius 1 is 1.07 bits per heavy atom. The minimum atomic E-state index is -4.65. The monoisotopic (exact) mass is 418 g/mol. The second-order valence-electron chi connectivity index (χ2n) is 6.13. The van der Waals surface area contributed by atoms with Gasteiger partial charge >= 0.3 is 6.18 Å². The average molecular weight is 419 g/mol. The van der Waals surface area contributed by atoms with E-state index >= 15 is 0 Å². The van der Waals surface area contributed by atoms with Gasteiger partial charge in [-0.2, -0.15) is 18.4 Å². The molecule has 0 unspecified atom stereocenters. The van der Waals surface area contributed by atoms with Crippen molar-refractivity contribution in [3.63, 3.8) is 0 Å². The molecule has 7 heteroatoms. The van der Waals surface area contributed by atoms with Crippen LogP contribution in [0.3, 0.4) is 0 Å². The smallest absolute Gasteiger partial charge is 0.240 e. The molecule has 0 spiro atoms. The first-order valence-corrected chi connectivity index (χ1v) is 9.61. The molecule has 0 saturated heterocycles. The van der Waals surface area contributed by atoms with Gasteiger partial charge in [0.05, 0.1) is 16.8 Å². The highest BCUT2D eigenvalue weighted by Crippen LogP contribution is 2.38. The zero-order chi connectivity index (χ0) is 20.3. The molecule has 0 amide bonds. The van der Waals surface area contributed by atoms with Gasteiger partial charge in [-0.1, -0.05) is 53.6 Å². The Morgan fingerprint density at radius 2 is 1.71 bits per heavy atom. The number of halogens is 4. The number of benzene rings is 2. The predicted molar refractivity (Wildman–Crippen MR) is 105 cm³/mol. The molecule has 28 heavy (non-hydrogen) atoms. The number of rotatable bonds is 4. The number of nitriles is 1. The lowest BCUT2D eigenvalue weighted by atomic mass is 10.0. The van der Waals surface area contributed by atoms with Crippen LogP contribution >= 0.6 is 23.4 Å². The Bertz CT molecular complexity index is 1020. The first-order chi connectivity index (χ1) is 13.3. The van der Waals surface area contributed by atoms with Crippen molar-refractivity contribution in [2.75, 3.05) is 0 Å². The van der Waals surface area contributed by atoms with Crippen molar-refractivity contribution in [2.24, 2.45) is 0 Å². The number of hydrogen-bond acceptors (Lipinski definition) is 3. The second kappa shape index (κ2) is 8.26. The van der Waals surface area contributed by atoms with Gasteiger partial charge in [-0.3, -0.25) is 0 Å². The molecule has 0 radical (unpaired) electrons. The minimum Gasteiger partial charge on any atom is -0.240 e. The maximum atomic E-state index is 13.6. The van der Waals surface area contributed by atoms with Gasteiger partial charge in [0.25, 0.3) is 0 Å². The van der Waals surface area contributed by atoms with Crippen LogP contribution < -0.4 is 0 Å². The highest BCUT2D eigenvalue weighted by atomic mass is 35.5. The van der Waals surface area contributed by atoms with Gasteiger partial charge in [-0.15, -0.1) is 11.8 Å². The Labute approximate surface area is 170 Å². The molecular formula is C21H14ClF3N2S. The zero-order valence-electron chi connectivity index (χ0n) is 14.7. The Morgan fingerprint density at radius 3 is 2.29 bits per heavy atom. The lowest BCUT2D eigenvalue weighted by Gasteiger charge is -2.14. The van der Waals surface area contributed by atoms with Crippen LogP contribution in [0.25, 0.3) is 11.3 Å². The molecule has 142 valence electrons. The predicted octanol–water partition coefficient (Wildman–Crippen LogP) is 6.89. The number of thioether (sulfide) groups is 1. The van der Waals surface area contributed by atoms with E-state index in [1.165, 1.54) is 0 Å². The molecule has 0 fully saturated rings. The third kappa shape index (κ3) is 4.67. The van der Waals surface area contributed by atoms with Crippen LogP contribution in [0, 0.1) is 18.3 Å². The molecule has 1 aromatic heterocycles. The molecule has 0 aliphatic rings. The summed E-state index contributed by atoms with van der Waals surface area (Å²) in [6, 6.07) is 16.7. The van der Waals surface area contributed by atoms with E-state index in [1.54, 1.807) is 42.5 Å². The van der Waals surface area contributed by atoms with Crippen molar-refractivity contribution in [3.05, 3.63) is 81.9 Å². The molecule has 0 aliphatic carbocycles. The fourth-order valence-corrected chi connectivity index (χ4v) is 3.65. The summed E-state index contributed by atoms with van der Waals surface area (Å²) in [7, 11) is 0. The van der Waals surface area contributed by atoms with Gasteiger partial charge in [-0.25, -0.2) is 4.98 Å². The number of pyridine rings is 1. The first kappa shape index (κ1) is 20.2. The quantitative estimate of drug-likeness (QED) is 0.433. The van der Waals surface area contributed by atoms with Crippen molar-refractivity contribution in [2.45, 2.75) is 23.9 Å². The lowest BCUT2D eigenvalue weighted by Crippen LogP contribution is -2.10. The number of aryl methyl sites for hydroxylation is 1. The maximum Gasteiger partial charge on any atom is 0.417 e. The zero-order valence-corrected chi connectivity index (χ0v) is 16.3. The van der Waals surface area contributed by atoms with E-state index in [-0.39, 0.29) is 10.7 Å². The van der Waals surface area contributed by atoms with E-state index in [4.69, 9.17) is 11.6 Å². The van der Waals surface area contributed by atoms with Crippen LogP contribution in [-0.2, 0) is 11.9 Å². The Kier molecular flexibility index (Phi) is 5.97. The largest absolute Gasteiger partial charge is 0.417 e. The fourth-order valence-electron chi connectivity index (χ4n) is 2.56. The van der Waals surface area contributed by atoms with Crippen LogP contribution in [0.2, 0.25) is 5.02 Å². The average Bonchev–Trinajstić information content (AvgIpc) is 2.66. The first-order valence-electron chi connectivity index (χ1n) is 8.24. The van der Waals surface area contributed by atoms with Crippen molar-refractivity contribution in [3.8, 4) is 17.3 Å². The highest BCUT2D eigenvalue weighted by Gasteiger charge is 2.36. The molecule has 0 saturated carbocycles. The SMILES string of the molecule is Cc1ccc(-c2cc(C(F)(F)F)c(C#N)c(SCc3ccc(Cl)cc3)n2)cc1. The topological polar surface area (TPSA) is 36.7 Å². The molecule has 2 aromatic carbocycles. The molecule has 1 heterocycles. The number of alkyl halides is 3. The summed E-state index contributed by atoms with van der Waals surface area (Å²) in [5, 5.41) is 10.0. The van der Waals surface area contributed by atoms with Crippen LogP contribution in [-0.4, -0.2) is 4.98 Å². The summed E-state index contributed by atoms with van der Waals surface area (Å²) in [4.78, 5) is 4.36. The number of aromatic nitrogens is 1. The van der Waals surface area contributed by atoms with E-state index in [0.717, 1.165) is 29.0 Å². The molecule has 0 atom stereocenters. The van der Waals surface area contributed by atoms with E-state index in [0.29, 0.717) is 16.3 Å². The van der Waals surface area contributed by atoms with Crippen molar-refractivity contribution in [1.82, 2.24) is 4.98 Å². The summed E-state index contributed by atoms with van der Waals surface area (Å²) in [6.07, 6.45) is -4.65. The number of nitrogens with zero attached hydrogens (tertiary/aromatic N) is 2. The normalized spacial score (nSPS) is 11.3. The Hall–Kier alpha value is -2.49. The standard InChI is InChI=1S/C21H14ClF3N2S/c1-13-2-6-15(7-3-13)19-10-18(21(23,24)25)17(11-26)20(27-19)28-12-14-4-8-16(22)9-5-14/h2-10H,12H2,1H3. The summed E-state index contributed by atoms with van der Waals surface area (Å²) in [5.74, 6) is 0.369. The van der Waals surface area contributed by atoms with E-state index in [1.807, 2.05) is 19.1 Å². The molecule has 0 N–H and O–H groups in total. The van der Waals surface area contributed by atoms with Crippen LogP contribution in [0.1, 0.15) is 22.3 Å². The number of hydrogen-bond donors (Lipinski definition) is 0. The molecule has 0 aliphatic heterocycles. The van der Waals surface area contributed by atoms with Gasteiger partial charge in [0.15, 0.2) is 0 Å². The van der Waals surface area contributed by atoms with Crippen LogP contribution in [0.15, 0.2) is 59.6 Å². The molecule has 3 rings (SSSR count). The summed E-state index contributed by atoms with van der Waals surface area (Å²) in [5.41, 5.74) is 1.18. The van der Waals surface area contributed by atoms with Gasteiger partial charge < -0.3 is 0 Å². The maximum absolute atomic E-state index is 13.6. The molecular weight excluding hydrogens is 405 g/mol. The lowest BCUT2D eigenvalue weighted by molar-refractivity contribution is -0.138. The summed E-state index contributed by atoms with van der Waals surface area (Å²) in [6.45, 7) is 1.89. The van der Waals surface area contributed by atoms with Gasteiger partial charge in [-0.05, 0) is 30.7 Å². The minimum absolute atomic E-state index is 0.0582. The van der Waals surface area contributed by atoms with Gasteiger partial charge in [0.1, 0.15) is 11.1 Å². The van der Waals surface area contributed by atoms with Crippen molar-refractivity contribution < 1.29 is 13.2 Å². The van der Waals surface area contributed by atoms with E-state index in [9.17, 15) is 18.4 Å². The van der Waals surface area contributed by atoms with Crippen LogP contribution in [0.4, 0.5) is 13.2 Å². The second-order valence-corrected chi connectivity index (χ2v) is 7.53. The van der Waals surface area contributed by atoms with Crippen LogP contribution in [0.5, 0.6) is 0 Å². The van der Waals surface area contributed by atoms with Crippen molar-refractivity contribution in [1.29, 1.82) is 5.26 Å². The van der Waals surface area contributed by atoms with Crippen molar-refractivity contribution >= 4 is 23.4 Å². The summed E-state index contributed by atoms with van der Waals surface area (Å²) < 4.78 is 40.7. The summed E-state index contributed by atoms with van der Waals surface area (Å²) >= 11 is 6.96. The molecule has 2 nitrogen and oxygen atoms in total. The third-order valence-corrected chi connectivity index (χ3v) is 5.34. The molecule has 3 aromatic rings. The van der Waals surface area contributed by atoms with E-state index < -0.39 is 17.3 Å². The molecule has 0 bridgehead atoms. The third-order valence-electron chi connectivity index (χ3n) is 4.04. The fraction of sp³-hybridized carbons (Fsp3) is 0.143. The van der Waals surface area contributed by atoms with E-state index in [2.05, 4.69) is 4.98 Å². The van der Waals surface area contributed by atoms with Gasteiger partial charge in [0.2, 0.25) is 0 Å². The highest BCUT2D eigenvalue weighted by molar-refractivity contribution is 7.98.